The Morgan fingerprint density at radius 1 is 1.29 bits per heavy atom. The van der Waals surface area contributed by atoms with E-state index in [-0.39, 0.29) is 17.6 Å². The number of ether oxygens (including phenoxy) is 2. The lowest BCUT2D eigenvalue weighted by molar-refractivity contribution is 0.0227. The number of rotatable bonds is 7. The van der Waals surface area contributed by atoms with Gasteiger partial charge in [-0.1, -0.05) is 38.1 Å². The fraction of sp³-hybridized carbons (Fsp3) is 0.375. The number of para-hydroxylation sites is 1. The zero-order valence-electron chi connectivity index (χ0n) is 17.0. The van der Waals surface area contributed by atoms with E-state index >= 15 is 0 Å². The van der Waals surface area contributed by atoms with Gasteiger partial charge in [-0.2, -0.15) is 0 Å². The summed E-state index contributed by atoms with van der Waals surface area (Å²) in [6.45, 7) is 8.07. The Morgan fingerprint density at radius 3 is 2.71 bits per heavy atom. The molecule has 0 bridgehead atoms. The molecule has 1 N–H and O–H groups in total. The van der Waals surface area contributed by atoms with Crippen molar-refractivity contribution in [2.24, 2.45) is 0 Å². The second-order valence-corrected chi connectivity index (χ2v) is 7.28. The third kappa shape index (κ3) is 3.91. The van der Waals surface area contributed by atoms with Gasteiger partial charge in [0, 0.05) is 17.5 Å². The number of hydrogen-bond donors (Lipinski definition) is 1. The van der Waals surface area contributed by atoms with Gasteiger partial charge in [-0.3, -0.25) is 4.79 Å². The quantitative estimate of drug-likeness (QED) is 0.670. The highest BCUT2D eigenvalue weighted by Gasteiger charge is 2.39. The lowest BCUT2D eigenvalue weighted by Gasteiger charge is -2.41. The van der Waals surface area contributed by atoms with Gasteiger partial charge in [0.1, 0.15) is 17.1 Å². The standard InChI is InChI=1S/C24H29NO3/c1-5-10-17-15-18(13-14-21(17)27-4)23(26)25-20-16-24(6-2,7-3)28-22-12-9-8-11-19(20)22/h5,8-9,11-15,20H,1,6-7,10,16H2,2-4H3,(H,25,26). The normalized spacial score (nSPS) is 17.2. The Hall–Kier alpha value is -2.75. The molecule has 2 aromatic rings. The number of amides is 1. The zero-order valence-corrected chi connectivity index (χ0v) is 17.0. The molecule has 0 saturated carbocycles. The van der Waals surface area contributed by atoms with Crippen molar-refractivity contribution in [1.82, 2.24) is 5.32 Å². The number of carbonyl (C=O) groups is 1. The number of nitrogens with one attached hydrogen (secondary N) is 1. The van der Waals surface area contributed by atoms with Crippen LogP contribution in [0.3, 0.4) is 0 Å². The van der Waals surface area contributed by atoms with E-state index in [0.29, 0.717) is 12.0 Å². The summed E-state index contributed by atoms with van der Waals surface area (Å²) in [4.78, 5) is 13.0. The fourth-order valence-electron chi connectivity index (χ4n) is 3.91. The maximum absolute atomic E-state index is 13.0. The van der Waals surface area contributed by atoms with Crippen LogP contribution in [0, 0.1) is 0 Å². The molecule has 0 radical (unpaired) electrons. The highest BCUT2D eigenvalue weighted by Crippen LogP contribution is 2.42. The summed E-state index contributed by atoms with van der Waals surface area (Å²) in [7, 11) is 1.63. The van der Waals surface area contributed by atoms with Crippen molar-refractivity contribution in [2.45, 2.75) is 51.2 Å². The number of hydrogen-bond acceptors (Lipinski definition) is 3. The molecular weight excluding hydrogens is 350 g/mol. The molecule has 148 valence electrons. The van der Waals surface area contributed by atoms with Crippen LogP contribution in [0.25, 0.3) is 0 Å². The summed E-state index contributed by atoms with van der Waals surface area (Å²) < 4.78 is 11.7. The van der Waals surface area contributed by atoms with Crippen molar-refractivity contribution in [2.75, 3.05) is 7.11 Å². The summed E-state index contributed by atoms with van der Waals surface area (Å²) >= 11 is 0. The summed E-state index contributed by atoms with van der Waals surface area (Å²) in [5.74, 6) is 1.55. The van der Waals surface area contributed by atoms with E-state index in [2.05, 4.69) is 25.7 Å². The van der Waals surface area contributed by atoms with Crippen LogP contribution >= 0.6 is 0 Å². The Balaban J connectivity index is 1.89. The third-order valence-corrected chi connectivity index (χ3v) is 5.70. The van der Waals surface area contributed by atoms with E-state index in [9.17, 15) is 4.79 Å². The van der Waals surface area contributed by atoms with Crippen molar-refractivity contribution >= 4 is 5.91 Å². The molecule has 0 aromatic heterocycles. The van der Waals surface area contributed by atoms with Crippen LogP contribution in [0.5, 0.6) is 11.5 Å². The van der Waals surface area contributed by atoms with Gasteiger partial charge in [0.15, 0.2) is 0 Å². The van der Waals surface area contributed by atoms with Gasteiger partial charge >= 0.3 is 0 Å². The summed E-state index contributed by atoms with van der Waals surface area (Å²) in [6, 6.07) is 13.4. The van der Waals surface area contributed by atoms with Crippen molar-refractivity contribution < 1.29 is 14.3 Å². The van der Waals surface area contributed by atoms with E-state index in [0.717, 1.165) is 41.9 Å². The molecule has 1 aliphatic rings. The topological polar surface area (TPSA) is 47.6 Å². The molecule has 4 heteroatoms. The minimum Gasteiger partial charge on any atom is -0.496 e. The predicted molar refractivity (Wildman–Crippen MR) is 112 cm³/mol. The Labute approximate surface area is 167 Å². The van der Waals surface area contributed by atoms with Crippen LogP contribution in [0.15, 0.2) is 55.1 Å². The average Bonchev–Trinajstić information content (AvgIpc) is 2.73. The average molecular weight is 380 g/mol. The van der Waals surface area contributed by atoms with Crippen LogP contribution in [0.4, 0.5) is 0 Å². The lowest BCUT2D eigenvalue weighted by atomic mass is 9.83. The van der Waals surface area contributed by atoms with Gasteiger partial charge in [-0.25, -0.2) is 0 Å². The predicted octanol–water partition coefficient (Wildman–Crippen LogP) is 5.24. The molecule has 4 nitrogen and oxygen atoms in total. The maximum Gasteiger partial charge on any atom is 0.251 e. The molecule has 0 saturated heterocycles. The monoisotopic (exact) mass is 379 g/mol. The van der Waals surface area contributed by atoms with Gasteiger partial charge in [0.05, 0.1) is 13.2 Å². The van der Waals surface area contributed by atoms with Crippen molar-refractivity contribution in [3.63, 3.8) is 0 Å². The van der Waals surface area contributed by atoms with Gasteiger partial charge < -0.3 is 14.8 Å². The minimum absolute atomic E-state index is 0.0812. The molecule has 0 fully saturated rings. The molecule has 0 aliphatic carbocycles. The molecule has 1 heterocycles. The zero-order chi connectivity index (χ0) is 20.1. The van der Waals surface area contributed by atoms with E-state index < -0.39 is 0 Å². The first-order chi connectivity index (χ1) is 13.6. The number of allylic oxidation sites excluding steroid dienone is 1. The van der Waals surface area contributed by atoms with Crippen LogP contribution in [0.2, 0.25) is 0 Å². The Kier molecular flexibility index (Phi) is 6.08. The van der Waals surface area contributed by atoms with Gasteiger partial charge in [-0.05, 0) is 49.1 Å². The maximum atomic E-state index is 13.0. The van der Waals surface area contributed by atoms with E-state index in [1.807, 2.05) is 42.5 Å². The SMILES string of the molecule is C=CCc1cc(C(=O)NC2CC(CC)(CC)Oc3ccccc32)ccc1OC. The lowest BCUT2D eigenvalue weighted by Crippen LogP contribution is -2.44. The number of methoxy groups -OCH3 is 1. The molecule has 1 unspecified atom stereocenters. The number of fused-ring (bicyclic) bond motifs is 1. The molecule has 1 aliphatic heterocycles. The van der Waals surface area contributed by atoms with Crippen LogP contribution in [-0.4, -0.2) is 18.6 Å². The fourth-order valence-corrected chi connectivity index (χ4v) is 3.91. The summed E-state index contributed by atoms with van der Waals surface area (Å²) in [5, 5.41) is 3.24. The first kappa shape index (κ1) is 20.0. The first-order valence-corrected chi connectivity index (χ1v) is 9.92. The minimum atomic E-state index is -0.250. The van der Waals surface area contributed by atoms with Gasteiger partial charge in [-0.15, -0.1) is 6.58 Å². The molecular formula is C24H29NO3. The van der Waals surface area contributed by atoms with Crippen molar-refractivity contribution in [3.05, 3.63) is 71.8 Å². The second-order valence-electron chi connectivity index (χ2n) is 7.28. The highest BCUT2D eigenvalue weighted by molar-refractivity contribution is 5.95. The summed E-state index contributed by atoms with van der Waals surface area (Å²) in [6.07, 6.45) is 5.02. The Morgan fingerprint density at radius 2 is 2.04 bits per heavy atom. The largest absolute Gasteiger partial charge is 0.496 e. The third-order valence-electron chi connectivity index (χ3n) is 5.70. The van der Waals surface area contributed by atoms with Gasteiger partial charge in [0.2, 0.25) is 0 Å². The van der Waals surface area contributed by atoms with Gasteiger partial charge in [0.25, 0.3) is 5.91 Å². The highest BCUT2D eigenvalue weighted by atomic mass is 16.5. The van der Waals surface area contributed by atoms with E-state index in [1.165, 1.54) is 0 Å². The van der Waals surface area contributed by atoms with Crippen LogP contribution < -0.4 is 14.8 Å². The second kappa shape index (κ2) is 8.51. The molecule has 1 atom stereocenters. The smallest absolute Gasteiger partial charge is 0.251 e. The number of benzene rings is 2. The summed E-state index contributed by atoms with van der Waals surface area (Å²) in [5.41, 5.74) is 2.36. The molecule has 2 aromatic carbocycles. The molecule has 1 amide bonds. The number of carbonyl (C=O) groups excluding carboxylic acids is 1. The van der Waals surface area contributed by atoms with E-state index in [4.69, 9.17) is 9.47 Å². The molecule has 3 rings (SSSR count). The van der Waals surface area contributed by atoms with Crippen LogP contribution in [-0.2, 0) is 6.42 Å². The van der Waals surface area contributed by atoms with Crippen molar-refractivity contribution in [3.8, 4) is 11.5 Å². The Bertz CT molecular complexity index is 855. The molecule has 28 heavy (non-hydrogen) atoms. The van der Waals surface area contributed by atoms with E-state index in [1.54, 1.807) is 13.2 Å². The van der Waals surface area contributed by atoms with Crippen molar-refractivity contribution in [1.29, 1.82) is 0 Å². The first-order valence-electron chi connectivity index (χ1n) is 9.92. The van der Waals surface area contributed by atoms with Crippen LogP contribution in [0.1, 0.15) is 60.6 Å². The molecule has 0 spiro atoms.